The molecule has 0 atom stereocenters. The predicted molar refractivity (Wildman–Crippen MR) is 67.4 cm³/mol. The fourth-order valence-electron chi connectivity index (χ4n) is 1.36. The van der Waals surface area contributed by atoms with E-state index in [9.17, 15) is 4.79 Å². The van der Waals surface area contributed by atoms with Crippen LogP contribution in [0.2, 0.25) is 0 Å². The summed E-state index contributed by atoms with van der Waals surface area (Å²) in [5.41, 5.74) is 6.71. The first-order valence-electron chi connectivity index (χ1n) is 4.95. The standard InChI is InChI=1S/C11H12N2OS2/c1-7-4-8(5-15-7)11(14)9-6-16-10(13-9)2-3-12/h4-6H,2-3,12H2,1H3. The number of carbonyl (C=O) groups is 1. The molecule has 0 bridgehead atoms. The van der Waals surface area contributed by atoms with E-state index >= 15 is 0 Å². The van der Waals surface area contributed by atoms with E-state index in [2.05, 4.69) is 4.98 Å². The molecule has 0 aliphatic rings. The SMILES string of the molecule is Cc1cc(C(=O)c2csc(CCN)n2)cs1. The van der Waals surface area contributed by atoms with Gasteiger partial charge >= 0.3 is 0 Å². The van der Waals surface area contributed by atoms with Gasteiger partial charge in [0.25, 0.3) is 0 Å². The van der Waals surface area contributed by atoms with E-state index in [1.807, 2.05) is 18.4 Å². The van der Waals surface area contributed by atoms with Crippen molar-refractivity contribution in [3.63, 3.8) is 0 Å². The third-order valence-electron chi connectivity index (χ3n) is 2.14. The molecule has 0 saturated carbocycles. The van der Waals surface area contributed by atoms with Crippen LogP contribution in [0.5, 0.6) is 0 Å². The second kappa shape index (κ2) is 4.86. The molecule has 2 aromatic rings. The number of aromatic nitrogens is 1. The van der Waals surface area contributed by atoms with Crippen LogP contribution in [-0.4, -0.2) is 17.3 Å². The number of aryl methyl sites for hydroxylation is 1. The maximum atomic E-state index is 12.0. The minimum absolute atomic E-state index is 0.00358. The second-order valence-corrected chi connectivity index (χ2v) is 5.50. The normalized spacial score (nSPS) is 10.6. The minimum atomic E-state index is 0.00358. The second-order valence-electron chi connectivity index (χ2n) is 3.44. The van der Waals surface area contributed by atoms with Crippen molar-refractivity contribution in [3.05, 3.63) is 38.0 Å². The van der Waals surface area contributed by atoms with Crippen LogP contribution in [0.4, 0.5) is 0 Å². The first-order valence-corrected chi connectivity index (χ1v) is 6.71. The molecule has 0 radical (unpaired) electrons. The van der Waals surface area contributed by atoms with Crippen LogP contribution in [0.15, 0.2) is 16.8 Å². The van der Waals surface area contributed by atoms with E-state index in [4.69, 9.17) is 5.73 Å². The van der Waals surface area contributed by atoms with Crippen LogP contribution in [0.25, 0.3) is 0 Å². The van der Waals surface area contributed by atoms with Gasteiger partial charge in [0, 0.05) is 27.6 Å². The lowest BCUT2D eigenvalue weighted by atomic mass is 10.2. The Hall–Kier alpha value is -1.04. The first-order chi connectivity index (χ1) is 7.70. The van der Waals surface area contributed by atoms with Crippen molar-refractivity contribution in [1.82, 2.24) is 4.98 Å². The highest BCUT2D eigenvalue weighted by atomic mass is 32.1. The average molecular weight is 252 g/mol. The number of hydrogen-bond acceptors (Lipinski definition) is 5. The van der Waals surface area contributed by atoms with Gasteiger partial charge in [-0.05, 0) is 19.5 Å². The number of thiazole rings is 1. The Balaban J connectivity index is 2.20. The molecule has 0 aromatic carbocycles. The predicted octanol–water partition coefficient (Wildman–Crippen LogP) is 2.25. The van der Waals surface area contributed by atoms with Gasteiger partial charge in [0.05, 0.1) is 5.01 Å². The molecule has 84 valence electrons. The van der Waals surface area contributed by atoms with E-state index in [0.29, 0.717) is 12.2 Å². The van der Waals surface area contributed by atoms with Gasteiger partial charge in [-0.15, -0.1) is 22.7 Å². The summed E-state index contributed by atoms with van der Waals surface area (Å²) in [5, 5.41) is 4.61. The highest BCUT2D eigenvalue weighted by molar-refractivity contribution is 7.10. The summed E-state index contributed by atoms with van der Waals surface area (Å²) in [5.74, 6) is 0.00358. The first kappa shape index (κ1) is 11.4. The van der Waals surface area contributed by atoms with Crippen LogP contribution in [-0.2, 0) is 6.42 Å². The van der Waals surface area contributed by atoms with Crippen LogP contribution < -0.4 is 5.73 Å². The molecule has 5 heteroatoms. The summed E-state index contributed by atoms with van der Waals surface area (Å²) in [4.78, 5) is 17.4. The monoisotopic (exact) mass is 252 g/mol. The van der Waals surface area contributed by atoms with Gasteiger partial charge in [-0.1, -0.05) is 0 Å². The molecule has 0 fully saturated rings. The van der Waals surface area contributed by atoms with Gasteiger partial charge in [-0.2, -0.15) is 0 Å². The number of thiophene rings is 1. The third kappa shape index (κ3) is 2.37. The molecule has 0 spiro atoms. The molecular weight excluding hydrogens is 240 g/mol. The fraction of sp³-hybridized carbons (Fsp3) is 0.273. The van der Waals surface area contributed by atoms with Gasteiger partial charge in [-0.3, -0.25) is 4.79 Å². The largest absolute Gasteiger partial charge is 0.330 e. The average Bonchev–Trinajstić information content (AvgIpc) is 2.87. The zero-order chi connectivity index (χ0) is 11.5. The summed E-state index contributed by atoms with van der Waals surface area (Å²) in [6, 6.07) is 1.90. The Bertz CT molecular complexity index is 502. The molecule has 16 heavy (non-hydrogen) atoms. The third-order valence-corrected chi connectivity index (χ3v) is 3.91. The van der Waals surface area contributed by atoms with Crippen molar-refractivity contribution in [2.24, 2.45) is 5.73 Å². The maximum absolute atomic E-state index is 12.0. The van der Waals surface area contributed by atoms with E-state index in [0.717, 1.165) is 21.9 Å². The van der Waals surface area contributed by atoms with Crippen molar-refractivity contribution < 1.29 is 4.79 Å². The summed E-state index contributed by atoms with van der Waals surface area (Å²) >= 11 is 3.07. The molecule has 0 amide bonds. The topological polar surface area (TPSA) is 56.0 Å². The summed E-state index contributed by atoms with van der Waals surface area (Å²) in [6.45, 7) is 2.56. The minimum Gasteiger partial charge on any atom is -0.330 e. The van der Waals surface area contributed by atoms with Crippen molar-refractivity contribution in [2.75, 3.05) is 6.54 Å². The van der Waals surface area contributed by atoms with Gasteiger partial charge in [0.2, 0.25) is 5.78 Å². The zero-order valence-corrected chi connectivity index (χ0v) is 10.5. The van der Waals surface area contributed by atoms with E-state index in [1.165, 1.54) is 11.3 Å². The molecular formula is C11H12N2OS2. The summed E-state index contributed by atoms with van der Waals surface area (Å²) in [7, 11) is 0. The zero-order valence-electron chi connectivity index (χ0n) is 8.90. The molecule has 0 aliphatic carbocycles. The maximum Gasteiger partial charge on any atom is 0.213 e. The fourth-order valence-corrected chi connectivity index (χ4v) is 2.84. The molecule has 0 aliphatic heterocycles. The highest BCUT2D eigenvalue weighted by Gasteiger charge is 2.13. The van der Waals surface area contributed by atoms with Gasteiger partial charge < -0.3 is 5.73 Å². The lowest BCUT2D eigenvalue weighted by Crippen LogP contribution is -2.04. The molecule has 2 heterocycles. The molecule has 2 N–H and O–H groups in total. The number of nitrogens with two attached hydrogens (primary N) is 1. The van der Waals surface area contributed by atoms with Gasteiger partial charge in [0.1, 0.15) is 5.69 Å². The molecule has 0 unspecified atom stereocenters. The van der Waals surface area contributed by atoms with E-state index in [1.54, 1.807) is 16.7 Å². The van der Waals surface area contributed by atoms with Crippen LogP contribution >= 0.6 is 22.7 Å². The van der Waals surface area contributed by atoms with Gasteiger partial charge in [-0.25, -0.2) is 4.98 Å². The van der Waals surface area contributed by atoms with Crippen LogP contribution in [0.3, 0.4) is 0 Å². The molecule has 3 nitrogen and oxygen atoms in total. The van der Waals surface area contributed by atoms with Crippen molar-refractivity contribution in [3.8, 4) is 0 Å². The van der Waals surface area contributed by atoms with Crippen molar-refractivity contribution >= 4 is 28.5 Å². The Kier molecular flexibility index (Phi) is 3.48. The highest BCUT2D eigenvalue weighted by Crippen LogP contribution is 2.18. The smallest absolute Gasteiger partial charge is 0.213 e. The lowest BCUT2D eigenvalue weighted by Gasteiger charge is -1.92. The Labute approximate surface area is 102 Å². The van der Waals surface area contributed by atoms with Crippen LogP contribution in [0.1, 0.15) is 25.9 Å². The van der Waals surface area contributed by atoms with Crippen molar-refractivity contribution in [2.45, 2.75) is 13.3 Å². The Morgan fingerprint density at radius 3 is 2.88 bits per heavy atom. The summed E-state index contributed by atoms with van der Waals surface area (Å²) in [6.07, 6.45) is 0.737. The number of nitrogens with zero attached hydrogens (tertiary/aromatic N) is 1. The summed E-state index contributed by atoms with van der Waals surface area (Å²) < 4.78 is 0. The number of rotatable bonds is 4. The molecule has 2 aromatic heterocycles. The Morgan fingerprint density at radius 1 is 1.44 bits per heavy atom. The number of hydrogen-bond donors (Lipinski definition) is 1. The van der Waals surface area contributed by atoms with Crippen LogP contribution in [0, 0.1) is 6.92 Å². The quantitative estimate of drug-likeness (QED) is 0.849. The van der Waals surface area contributed by atoms with Crippen molar-refractivity contribution in [1.29, 1.82) is 0 Å². The molecule has 2 rings (SSSR count). The lowest BCUT2D eigenvalue weighted by molar-refractivity contribution is 0.103. The van der Waals surface area contributed by atoms with Gasteiger partial charge in [0.15, 0.2) is 0 Å². The number of ketones is 1. The van der Waals surface area contributed by atoms with E-state index in [-0.39, 0.29) is 5.78 Å². The Morgan fingerprint density at radius 2 is 2.25 bits per heavy atom. The number of carbonyl (C=O) groups excluding carboxylic acids is 1. The molecule has 0 saturated heterocycles. The van der Waals surface area contributed by atoms with E-state index < -0.39 is 0 Å².